The minimum absolute atomic E-state index is 0.409. The topological polar surface area (TPSA) is 54.5 Å². The van der Waals surface area contributed by atoms with Gasteiger partial charge in [-0.1, -0.05) is 0 Å². The van der Waals surface area contributed by atoms with Crippen LogP contribution >= 0.6 is 15.9 Å². The Hall–Kier alpha value is -2.26. The van der Waals surface area contributed by atoms with Gasteiger partial charge in [0.15, 0.2) is 0 Å². The first-order chi connectivity index (χ1) is 9.60. The van der Waals surface area contributed by atoms with E-state index in [0.29, 0.717) is 21.4 Å². The van der Waals surface area contributed by atoms with Crippen LogP contribution in [0.2, 0.25) is 0 Å². The van der Waals surface area contributed by atoms with Gasteiger partial charge in [-0.05, 0) is 34.1 Å². The van der Waals surface area contributed by atoms with Crippen molar-refractivity contribution in [3.63, 3.8) is 0 Å². The first-order valence-corrected chi connectivity index (χ1v) is 6.56. The number of aromatic nitrogens is 3. The number of pyridine rings is 1. The number of aryl methyl sites for hydroxylation is 1. The highest BCUT2D eigenvalue weighted by Gasteiger charge is 2.13. The molecule has 0 atom stereocenters. The van der Waals surface area contributed by atoms with Gasteiger partial charge in [0, 0.05) is 23.3 Å². The average Bonchev–Trinajstić information content (AvgIpc) is 2.74. The van der Waals surface area contributed by atoms with Crippen molar-refractivity contribution >= 4 is 27.0 Å². The van der Waals surface area contributed by atoms with Crippen LogP contribution in [0.15, 0.2) is 35.1 Å². The van der Waals surface area contributed by atoms with E-state index in [1.54, 1.807) is 18.3 Å². The quantitative estimate of drug-likeness (QED) is 0.687. The molecule has 0 fully saturated rings. The summed E-state index contributed by atoms with van der Waals surface area (Å²) in [4.78, 5) is 8.31. The van der Waals surface area contributed by atoms with Crippen LogP contribution in [-0.4, -0.2) is 14.5 Å². The number of hydrogen-bond acceptors (Lipinski definition) is 3. The Morgan fingerprint density at radius 3 is 2.80 bits per heavy atom. The van der Waals surface area contributed by atoms with Crippen molar-refractivity contribution in [2.75, 3.05) is 0 Å². The van der Waals surface area contributed by atoms with Gasteiger partial charge in [0.25, 0.3) is 0 Å². The fourth-order valence-corrected chi connectivity index (χ4v) is 2.51. The van der Waals surface area contributed by atoms with E-state index in [1.807, 2.05) is 11.6 Å². The van der Waals surface area contributed by atoms with E-state index in [0.717, 1.165) is 17.2 Å². The second-order valence-corrected chi connectivity index (χ2v) is 5.17. The molecule has 4 nitrogen and oxygen atoms in total. The monoisotopic (exact) mass is 330 g/mol. The number of benzene rings is 1. The number of halogens is 2. The highest BCUT2D eigenvalue weighted by molar-refractivity contribution is 9.10. The van der Waals surface area contributed by atoms with E-state index in [2.05, 4.69) is 32.0 Å². The molecular weight excluding hydrogens is 323 g/mol. The van der Waals surface area contributed by atoms with E-state index in [1.165, 1.54) is 6.07 Å². The summed E-state index contributed by atoms with van der Waals surface area (Å²) in [5.41, 5.74) is 2.67. The highest BCUT2D eigenvalue weighted by atomic mass is 79.9. The lowest BCUT2D eigenvalue weighted by molar-refractivity contribution is 0.621. The van der Waals surface area contributed by atoms with Crippen LogP contribution < -0.4 is 0 Å². The van der Waals surface area contributed by atoms with Crippen molar-refractivity contribution in [2.45, 2.75) is 0 Å². The summed E-state index contributed by atoms with van der Waals surface area (Å²) < 4.78 is 15.8. The van der Waals surface area contributed by atoms with E-state index < -0.39 is 5.82 Å². The van der Waals surface area contributed by atoms with Crippen molar-refractivity contribution < 1.29 is 4.39 Å². The number of imidazole rings is 1. The lowest BCUT2D eigenvalue weighted by atomic mass is 10.2. The second kappa shape index (κ2) is 4.69. The zero-order valence-electron chi connectivity index (χ0n) is 10.4. The normalized spacial score (nSPS) is 10.7. The summed E-state index contributed by atoms with van der Waals surface area (Å²) in [6, 6.07) is 7.03. The average molecular weight is 331 g/mol. The van der Waals surface area contributed by atoms with Crippen molar-refractivity contribution in [1.29, 1.82) is 5.26 Å². The van der Waals surface area contributed by atoms with Crippen LogP contribution in [0.5, 0.6) is 0 Å². The summed E-state index contributed by atoms with van der Waals surface area (Å²) in [5.74, 6) is 0.197. The summed E-state index contributed by atoms with van der Waals surface area (Å²) in [5, 5.41) is 9.06. The molecule has 0 saturated heterocycles. The maximum absolute atomic E-state index is 13.3. The lowest BCUT2D eigenvalue weighted by Crippen LogP contribution is -1.94. The standard InChI is InChI=1S/C14H8BrFN4/c1-20-13-3-8(5-17)11(15)4-12(13)19-14(20)9-2-10(16)7-18-6-9/h2-4,6-7H,1H3. The predicted molar refractivity (Wildman–Crippen MR) is 76.3 cm³/mol. The molecule has 6 heteroatoms. The van der Waals surface area contributed by atoms with Crippen molar-refractivity contribution in [2.24, 2.45) is 7.05 Å². The third-order valence-corrected chi connectivity index (χ3v) is 3.71. The molecule has 0 N–H and O–H groups in total. The molecule has 0 spiro atoms. The Morgan fingerprint density at radius 2 is 2.10 bits per heavy atom. The summed E-state index contributed by atoms with van der Waals surface area (Å²) in [7, 11) is 1.82. The number of nitriles is 1. The summed E-state index contributed by atoms with van der Waals surface area (Å²) >= 11 is 3.34. The van der Waals surface area contributed by atoms with Crippen LogP contribution in [-0.2, 0) is 7.05 Å². The molecule has 0 bridgehead atoms. The van der Waals surface area contributed by atoms with Crippen LogP contribution in [0.1, 0.15) is 5.56 Å². The molecule has 0 saturated carbocycles. The minimum Gasteiger partial charge on any atom is -0.327 e. The van der Waals surface area contributed by atoms with Crippen LogP contribution in [0.3, 0.4) is 0 Å². The van der Waals surface area contributed by atoms with E-state index in [-0.39, 0.29) is 0 Å². The van der Waals surface area contributed by atoms with Gasteiger partial charge in [-0.3, -0.25) is 4.98 Å². The molecule has 3 rings (SSSR count). The number of hydrogen-bond donors (Lipinski definition) is 0. The Balaban J connectivity index is 2.29. The Morgan fingerprint density at radius 1 is 1.30 bits per heavy atom. The molecule has 0 aliphatic rings. The Labute approximate surface area is 122 Å². The molecule has 0 unspecified atom stereocenters. The molecule has 0 aliphatic carbocycles. The summed E-state index contributed by atoms with van der Waals surface area (Å²) in [6.07, 6.45) is 2.71. The van der Waals surface area contributed by atoms with Crippen LogP contribution in [0.25, 0.3) is 22.4 Å². The summed E-state index contributed by atoms with van der Waals surface area (Å²) in [6.45, 7) is 0. The van der Waals surface area contributed by atoms with Gasteiger partial charge in [-0.15, -0.1) is 0 Å². The van der Waals surface area contributed by atoms with Crippen molar-refractivity contribution in [3.05, 3.63) is 46.4 Å². The van der Waals surface area contributed by atoms with Gasteiger partial charge in [-0.2, -0.15) is 5.26 Å². The second-order valence-electron chi connectivity index (χ2n) is 4.32. The third kappa shape index (κ3) is 1.96. The molecule has 1 aromatic carbocycles. The first-order valence-electron chi connectivity index (χ1n) is 5.77. The lowest BCUT2D eigenvalue weighted by Gasteiger charge is -2.02. The zero-order valence-corrected chi connectivity index (χ0v) is 12.0. The molecule has 3 aromatic rings. The Bertz CT molecular complexity index is 863. The van der Waals surface area contributed by atoms with Crippen LogP contribution in [0.4, 0.5) is 4.39 Å². The molecule has 0 amide bonds. The molecular formula is C14H8BrFN4. The third-order valence-electron chi connectivity index (χ3n) is 3.05. The van der Waals surface area contributed by atoms with Gasteiger partial charge >= 0.3 is 0 Å². The van der Waals surface area contributed by atoms with Gasteiger partial charge in [0.2, 0.25) is 0 Å². The molecule has 0 aliphatic heterocycles. The molecule has 2 heterocycles. The number of rotatable bonds is 1. The smallest absolute Gasteiger partial charge is 0.142 e. The predicted octanol–water partition coefficient (Wildman–Crippen LogP) is 3.41. The van der Waals surface area contributed by atoms with E-state index >= 15 is 0 Å². The number of nitrogens with zero attached hydrogens (tertiary/aromatic N) is 4. The molecule has 2 aromatic heterocycles. The van der Waals surface area contributed by atoms with Gasteiger partial charge < -0.3 is 4.57 Å². The van der Waals surface area contributed by atoms with Gasteiger partial charge in [0.1, 0.15) is 17.7 Å². The largest absolute Gasteiger partial charge is 0.327 e. The fourth-order valence-electron chi connectivity index (χ4n) is 2.09. The van der Waals surface area contributed by atoms with Crippen molar-refractivity contribution in [1.82, 2.24) is 14.5 Å². The van der Waals surface area contributed by atoms with Crippen LogP contribution in [0, 0.1) is 17.1 Å². The maximum Gasteiger partial charge on any atom is 0.142 e. The van der Waals surface area contributed by atoms with Crippen molar-refractivity contribution in [3.8, 4) is 17.5 Å². The van der Waals surface area contributed by atoms with Gasteiger partial charge in [-0.25, -0.2) is 9.37 Å². The van der Waals surface area contributed by atoms with E-state index in [4.69, 9.17) is 5.26 Å². The first kappa shape index (κ1) is 12.8. The SMILES string of the molecule is Cn1c(-c2cncc(F)c2)nc2cc(Br)c(C#N)cc21. The van der Waals surface area contributed by atoms with Gasteiger partial charge in [0.05, 0.1) is 22.8 Å². The fraction of sp³-hybridized carbons (Fsp3) is 0.0714. The Kier molecular flexibility index (Phi) is 2.99. The van der Waals surface area contributed by atoms with E-state index in [9.17, 15) is 4.39 Å². The highest BCUT2D eigenvalue weighted by Crippen LogP contribution is 2.28. The molecule has 20 heavy (non-hydrogen) atoms. The zero-order chi connectivity index (χ0) is 14.3. The number of fused-ring (bicyclic) bond motifs is 1. The molecule has 98 valence electrons. The maximum atomic E-state index is 13.3. The molecule has 0 radical (unpaired) electrons. The minimum atomic E-state index is -0.409.